The van der Waals surface area contributed by atoms with Crippen LogP contribution in [-0.4, -0.2) is 28.0 Å². The smallest absolute Gasteiger partial charge is 0.130 e. The third-order valence-corrected chi connectivity index (χ3v) is 4.39. The van der Waals surface area contributed by atoms with Gasteiger partial charge in [-0.25, -0.2) is 9.97 Å². The van der Waals surface area contributed by atoms with Crippen molar-refractivity contribution in [2.45, 2.75) is 46.1 Å². The quantitative estimate of drug-likeness (QED) is 0.909. The summed E-state index contributed by atoms with van der Waals surface area (Å²) in [6.07, 6.45) is 4.35. The zero-order valence-corrected chi connectivity index (χ0v) is 14.2. The van der Waals surface area contributed by atoms with E-state index in [4.69, 9.17) is 0 Å². The second-order valence-corrected chi connectivity index (χ2v) is 6.37. The molecule has 0 radical (unpaired) electrons. The first-order valence-electron chi connectivity index (χ1n) is 8.34. The van der Waals surface area contributed by atoms with E-state index in [2.05, 4.69) is 44.6 Å². The summed E-state index contributed by atoms with van der Waals surface area (Å²) in [5, 5.41) is 6.88. The first-order valence-corrected chi connectivity index (χ1v) is 8.34. The Morgan fingerprint density at radius 2 is 2.09 bits per heavy atom. The van der Waals surface area contributed by atoms with Crippen LogP contribution in [0.15, 0.2) is 18.3 Å². The first-order chi connectivity index (χ1) is 11.1. The van der Waals surface area contributed by atoms with Crippen molar-refractivity contribution >= 4 is 5.82 Å². The van der Waals surface area contributed by atoms with E-state index in [-0.39, 0.29) is 0 Å². The average molecular weight is 311 g/mol. The van der Waals surface area contributed by atoms with Crippen LogP contribution in [-0.2, 0) is 6.54 Å². The number of rotatable bonds is 4. The van der Waals surface area contributed by atoms with Gasteiger partial charge in [0, 0.05) is 37.0 Å². The molecule has 0 saturated carbocycles. The van der Waals surface area contributed by atoms with Crippen LogP contribution in [0.25, 0.3) is 0 Å². The van der Waals surface area contributed by atoms with Gasteiger partial charge in [-0.05, 0) is 57.4 Å². The van der Waals surface area contributed by atoms with Crippen LogP contribution in [0.2, 0.25) is 0 Å². The standard InChI is InChI=1S/C18H25N5/c1-12-7-13(2)20-10-16(12)11-21-18-8-17(22-14(3)23-18)15-5-4-6-19-9-15/h7-8,10,15,19H,4-6,9,11H2,1-3H3,(H,21,22,23)/t15-/m1/s1. The summed E-state index contributed by atoms with van der Waals surface area (Å²) in [5.74, 6) is 2.22. The van der Waals surface area contributed by atoms with E-state index in [1.165, 1.54) is 24.0 Å². The SMILES string of the molecule is Cc1cc(C)c(CNc2cc([C@@H]3CCCNC3)nc(C)n2)cn1. The average Bonchev–Trinajstić information content (AvgIpc) is 2.54. The molecule has 0 amide bonds. The number of piperidine rings is 1. The number of nitrogens with zero attached hydrogens (tertiary/aromatic N) is 3. The molecule has 5 nitrogen and oxygen atoms in total. The van der Waals surface area contributed by atoms with Gasteiger partial charge in [0.15, 0.2) is 0 Å². The minimum Gasteiger partial charge on any atom is -0.366 e. The fraction of sp³-hybridized carbons (Fsp3) is 0.500. The van der Waals surface area contributed by atoms with Crippen LogP contribution in [0.4, 0.5) is 5.82 Å². The second-order valence-electron chi connectivity index (χ2n) is 6.37. The molecule has 2 aromatic rings. The molecule has 1 fully saturated rings. The largest absolute Gasteiger partial charge is 0.366 e. The summed E-state index contributed by atoms with van der Waals surface area (Å²) in [6, 6.07) is 4.21. The molecule has 0 spiro atoms. The Kier molecular flexibility index (Phi) is 4.86. The summed E-state index contributed by atoms with van der Waals surface area (Å²) in [6.45, 7) is 8.96. The van der Waals surface area contributed by atoms with E-state index < -0.39 is 0 Å². The Bertz CT molecular complexity index is 677. The van der Waals surface area contributed by atoms with Crippen molar-refractivity contribution < 1.29 is 0 Å². The van der Waals surface area contributed by atoms with Gasteiger partial charge in [0.25, 0.3) is 0 Å². The molecular weight excluding hydrogens is 286 g/mol. The third kappa shape index (κ3) is 4.05. The lowest BCUT2D eigenvalue weighted by Crippen LogP contribution is -2.29. The third-order valence-electron chi connectivity index (χ3n) is 4.39. The fourth-order valence-electron chi connectivity index (χ4n) is 3.09. The summed E-state index contributed by atoms with van der Waals surface area (Å²) >= 11 is 0. The lowest BCUT2D eigenvalue weighted by Gasteiger charge is -2.23. The zero-order valence-electron chi connectivity index (χ0n) is 14.2. The summed E-state index contributed by atoms with van der Waals surface area (Å²) < 4.78 is 0. The highest BCUT2D eigenvalue weighted by molar-refractivity contribution is 5.39. The summed E-state index contributed by atoms with van der Waals surface area (Å²) in [7, 11) is 0. The van der Waals surface area contributed by atoms with Crippen molar-refractivity contribution in [2.75, 3.05) is 18.4 Å². The van der Waals surface area contributed by atoms with Gasteiger partial charge in [0.1, 0.15) is 11.6 Å². The van der Waals surface area contributed by atoms with Crippen LogP contribution in [0, 0.1) is 20.8 Å². The number of aryl methyl sites for hydroxylation is 3. The van der Waals surface area contributed by atoms with E-state index in [0.717, 1.165) is 42.7 Å². The number of aromatic nitrogens is 3. The van der Waals surface area contributed by atoms with Gasteiger partial charge in [-0.15, -0.1) is 0 Å². The van der Waals surface area contributed by atoms with E-state index >= 15 is 0 Å². The van der Waals surface area contributed by atoms with Gasteiger partial charge in [-0.2, -0.15) is 0 Å². The molecule has 1 atom stereocenters. The molecule has 0 bridgehead atoms. The number of nitrogens with one attached hydrogen (secondary N) is 2. The van der Waals surface area contributed by atoms with Crippen LogP contribution < -0.4 is 10.6 Å². The maximum absolute atomic E-state index is 4.64. The van der Waals surface area contributed by atoms with Gasteiger partial charge in [0.05, 0.1) is 5.69 Å². The normalized spacial score (nSPS) is 18.0. The predicted octanol–water partition coefficient (Wildman–Crippen LogP) is 2.88. The van der Waals surface area contributed by atoms with Crippen molar-refractivity contribution in [1.82, 2.24) is 20.3 Å². The van der Waals surface area contributed by atoms with Crippen LogP contribution in [0.5, 0.6) is 0 Å². The van der Waals surface area contributed by atoms with Crippen molar-refractivity contribution in [3.05, 3.63) is 46.7 Å². The molecule has 2 N–H and O–H groups in total. The van der Waals surface area contributed by atoms with Crippen molar-refractivity contribution in [1.29, 1.82) is 0 Å². The molecule has 3 rings (SSSR count). The van der Waals surface area contributed by atoms with E-state index in [1.54, 1.807) is 0 Å². The lowest BCUT2D eigenvalue weighted by molar-refractivity contribution is 0.453. The minimum atomic E-state index is 0.494. The molecule has 1 aliphatic rings. The molecule has 0 aliphatic carbocycles. The molecule has 0 aromatic carbocycles. The van der Waals surface area contributed by atoms with Crippen molar-refractivity contribution in [3.8, 4) is 0 Å². The number of hydrogen-bond donors (Lipinski definition) is 2. The monoisotopic (exact) mass is 311 g/mol. The van der Waals surface area contributed by atoms with Gasteiger partial charge in [-0.3, -0.25) is 4.98 Å². The maximum atomic E-state index is 4.64. The maximum Gasteiger partial charge on any atom is 0.130 e. The lowest BCUT2D eigenvalue weighted by atomic mass is 9.96. The van der Waals surface area contributed by atoms with Crippen LogP contribution in [0.3, 0.4) is 0 Å². The summed E-state index contributed by atoms with van der Waals surface area (Å²) in [5.41, 5.74) is 4.65. The molecule has 2 aromatic heterocycles. The van der Waals surface area contributed by atoms with Gasteiger partial charge < -0.3 is 10.6 Å². The van der Waals surface area contributed by atoms with Crippen molar-refractivity contribution in [3.63, 3.8) is 0 Å². The predicted molar refractivity (Wildman–Crippen MR) is 92.7 cm³/mol. The molecule has 0 unspecified atom stereocenters. The number of anilines is 1. The molecule has 1 saturated heterocycles. The van der Waals surface area contributed by atoms with Crippen LogP contribution in [0.1, 0.15) is 47.1 Å². The van der Waals surface area contributed by atoms with E-state index in [1.807, 2.05) is 20.0 Å². The topological polar surface area (TPSA) is 62.7 Å². The van der Waals surface area contributed by atoms with Crippen molar-refractivity contribution in [2.24, 2.45) is 0 Å². The minimum absolute atomic E-state index is 0.494. The van der Waals surface area contributed by atoms with Gasteiger partial charge >= 0.3 is 0 Å². The van der Waals surface area contributed by atoms with Crippen LogP contribution >= 0.6 is 0 Å². The molecule has 122 valence electrons. The Labute approximate surface area is 138 Å². The number of hydrogen-bond acceptors (Lipinski definition) is 5. The van der Waals surface area contributed by atoms with E-state index in [9.17, 15) is 0 Å². The van der Waals surface area contributed by atoms with Gasteiger partial charge in [-0.1, -0.05) is 0 Å². The molecule has 1 aliphatic heterocycles. The number of pyridine rings is 1. The Balaban J connectivity index is 1.73. The first kappa shape index (κ1) is 15.9. The Morgan fingerprint density at radius 1 is 1.22 bits per heavy atom. The van der Waals surface area contributed by atoms with Gasteiger partial charge in [0.2, 0.25) is 0 Å². The zero-order chi connectivity index (χ0) is 16.2. The molecule has 5 heteroatoms. The fourth-order valence-corrected chi connectivity index (χ4v) is 3.09. The Morgan fingerprint density at radius 3 is 2.83 bits per heavy atom. The highest BCUT2D eigenvalue weighted by atomic mass is 15.0. The van der Waals surface area contributed by atoms with E-state index in [0.29, 0.717) is 5.92 Å². The summed E-state index contributed by atoms with van der Waals surface area (Å²) in [4.78, 5) is 13.5. The molecular formula is C18H25N5. The Hall–Kier alpha value is -2.01. The second kappa shape index (κ2) is 7.04. The highest BCUT2D eigenvalue weighted by Gasteiger charge is 2.17. The molecule has 3 heterocycles. The molecule has 23 heavy (non-hydrogen) atoms. The highest BCUT2D eigenvalue weighted by Crippen LogP contribution is 2.23.